The van der Waals surface area contributed by atoms with Crippen LogP contribution in [0.15, 0.2) is 36.4 Å². The Bertz CT molecular complexity index is 741. The normalized spacial score (nSPS) is 16.2. The smallest absolute Gasteiger partial charge is 0.231 e. The van der Waals surface area contributed by atoms with E-state index in [2.05, 4.69) is 51.5 Å². The van der Waals surface area contributed by atoms with Gasteiger partial charge in [-0.05, 0) is 50.4 Å². The van der Waals surface area contributed by atoms with Crippen molar-refractivity contribution in [2.24, 2.45) is 5.92 Å². The van der Waals surface area contributed by atoms with Crippen molar-refractivity contribution in [3.63, 3.8) is 0 Å². The van der Waals surface area contributed by atoms with Crippen molar-refractivity contribution in [2.75, 3.05) is 23.3 Å². The number of aromatic nitrogens is 2. The topological polar surface area (TPSA) is 53.1 Å². The van der Waals surface area contributed by atoms with Crippen LogP contribution in [0, 0.1) is 12.8 Å². The summed E-state index contributed by atoms with van der Waals surface area (Å²) in [5.74, 6) is 2.32. The van der Waals surface area contributed by atoms with E-state index in [1.54, 1.807) is 0 Å². The molecule has 1 aliphatic rings. The highest BCUT2D eigenvalue weighted by Gasteiger charge is 2.18. The number of benzene rings is 1. The second-order valence-corrected chi connectivity index (χ2v) is 7.50. The van der Waals surface area contributed by atoms with E-state index >= 15 is 0 Å². The molecule has 0 aliphatic carbocycles. The molecule has 0 amide bonds. The SMILES string of the molecule is Cc1cc(N2CCC(C)CC2)nc(NC(=S)N[C@@H](C)c2ccccc2)n1. The molecule has 0 saturated carbocycles. The molecule has 3 rings (SSSR count). The molecule has 1 fully saturated rings. The van der Waals surface area contributed by atoms with Gasteiger partial charge in [0.1, 0.15) is 5.82 Å². The number of hydrogen-bond acceptors (Lipinski definition) is 4. The lowest BCUT2D eigenvalue weighted by atomic mass is 9.99. The minimum absolute atomic E-state index is 0.115. The summed E-state index contributed by atoms with van der Waals surface area (Å²) in [5.41, 5.74) is 2.12. The Morgan fingerprint density at radius 2 is 1.88 bits per heavy atom. The highest BCUT2D eigenvalue weighted by molar-refractivity contribution is 7.80. The summed E-state index contributed by atoms with van der Waals surface area (Å²) in [6.07, 6.45) is 2.42. The Kier molecular flexibility index (Phi) is 6.04. The summed E-state index contributed by atoms with van der Waals surface area (Å²) < 4.78 is 0. The lowest BCUT2D eigenvalue weighted by Crippen LogP contribution is -2.34. The van der Waals surface area contributed by atoms with E-state index in [4.69, 9.17) is 12.2 Å². The average molecular weight is 370 g/mol. The van der Waals surface area contributed by atoms with E-state index in [0.717, 1.165) is 30.5 Å². The highest BCUT2D eigenvalue weighted by atomic mass is 32.1. The van der Waals surface area contributed by atoms with Crippen molar-refractivity contribution in [3.05, 3.63) is 47.7 Å². The van der Waals surface area contributed by atoms with Crippen LogP contribution in [0.4, 0.5) is 11.8 Å². The third kappa shape index (κ3) is 4.91. The van der Waals surface area contributed by atoms with Crippen molar-refractivity contribution in [1.82, 2.24) is 15.3 Å². The van der Waals surface area contributed by atoms with Crippen molar-refractivity contribution >= 4 is 29.1 Å². The van der Waals surface area contributed by atoms with Gasteiger partial charge in [0, 0.05) is 24.8 Å². The molecule has 0 bridgehead atoms. The van der Waals surface area contributed by atoms with Crippen LogP contribution in [0.3, 0.4) is 0 Å². The molecular formula is C20H27N5S. The second kappa shape index (κ2) is 8.45. The Balaban J connectivity index is 1.64. The predicted octanol–water partition coefficient (Wildman–Crippen LogP) is 4.07. The molecule has 26 heavy (non-hydrogen) atoms. The van der Waals surface area contributed by atoms with Crippen LogP contribution in [0.25, 0.3) is 0 Å². The lowest BCUT2D eigenvalue weighted by molar-refractivity contribution is 0.436. The van der Waals surface area contributed by atoms with Crippen LogP contribution in [0.2, 0.25) is 0 Å². The summed E-state index contributed by atoms with van der Waals surface area (Å²) in [4.78, 5) is 11.5. The van der Waals surface area contributed by atoms with E-state index in [-0.39, 0.29) is 6.04 Å². The van der Waals surface area contributed by atoms with E-state index in [0.29, 0.717) is 11.1 Å². The summed E-state index contributed by atoms with van der Waals surface area (Å²) in [7, 11) is 0. The summed E-state index contributed by atoms with van der Waals surface area (Å²) in [5, 5.41) is 6.97. The van der Waals surface area contributed by atoms with Gasteiger partial charge in [0.25, 0.3) is 0 Å². The van der Waals surface area contributed by atoms with Crippen LogP contribution in [-0.2, 0) is 0 Å². The molecule has 2 aromatic rings. The fourth-order valence-electron chi connectivity index (χ4n) is 3.17. The van der Waals surface area contributed by atoms with Crippen molar-refractivity contribution < 1.29 is 0 Å². The molecule has 2 N–H and O–H groups in total. The van der Waals surface area contributed by atoms with Crippen molar-refractivity contribution in [3.8, 4) is 0 Å². The van der Waals surface area contributed by atoms with Gasteiger partial charge in [-0.1, -0.05) is 37.3 Å². The summed E-state index contributed by atoms with van der Waals surface area (Å²) >= 11 is 5.45. The molecule has 0 unspecified atom stereocenters. The maximum atomic E-state index is 5.45. The number of rotatable bonds is 4. The molecule has 1 aromatic carbocycles. The van der Waals surface area contributed by atoms with Gasteiger partial charge in [-0.3, -0.25) is 0 Å². The first-order valence-electron chi connectivity index (χ1n) is 9.24. The molecule has 1 saturated heterocycles. The standard InChI is InChI=1S/C20H27N5S/c1-14-9-11-25(12-10-14)18-13-15(2)21-19(23-18)24-20(26)22-16(3)17-7-5-4-6-8-17/h4-8,13-14,16H,9-12H2,1-3H3,(H2,21,22,23,24,26)/t16-/m0/s1. The van der Waals surface area contributed by atoms with Gasteiger partial charge >= 0.3 is 0 Å². The van der Waals surface area contributed by atoms with Gasteiger partial charge in [0.2, 0.25) is 5.95 Å². The molecule has 2 heterocycles. The lowest BCUT2D eigenvalue weighted by Gasteiger charge is -2.31. The number of nitrogens with zero attached hydrogens (tertiary/aromatic N) is 3. The molecule has 5 nitrogen and oxygen atoms in total. The Labute approximate surface area is 161 Å². The zero-order chi connectivity index (χ0) is 18.5. The first-order chi connectivity index (χ1) is 12.5. The first kappa shape index (κ1) is 18.6. The molecule has 1 atom stereocenters. The Hall–Kier alpha value is -2.21. The largest absolute Gasteiger partial charge is 0.356 e. The maximum absolute atomic E-state index is 5.45. The van der Waals surface area contributed by atoms with Crippen LogP contribution < -0.4 is 15.5 Å². The molecule has 1 aromatic heterocycles. The fraction of sp³-hybridized carbons (Fsp3) is 0.450. The fourth-order valence-corrected chi connectivity index (χ4v) is 3.43. The van der Waals surface area contributed by atoms with Crippen molar-refractivity contribution in [2.45, 2.75) is 39.7 Å². The molecule has 0 radical (unpaired) electrons. The van der Waals surface area contributed by atoms with Crippen LogP contribution >= 0.6 is 12.2 Å². The quantitative estimate of drug-likeness (QED) is 0.793. The highest BCUT2D eigenvalue weighted by Crippen LogP contribution is 2.22. The van der Waals surface area contributed by atoms with E-state index < -0.39 is 0 Å². The Morgan fingerprint density at radius 3 is 2.58 bits per heavy atom. The zero-order valence-electron chi connectivity index (χ0n) is 15.7. The number of piperidine rings is 1. The third-order valence-electron chi connectivity index (χ3n) is 4.82. The molecule has 0 spiro atoms. The molecule has 138 valence electrons. The third-order valence-corrected chi connectivity index (χ3v) is 5.04. The van der Waals surface area contributed by atoms with E-state index in [1.807, 2.05) is 31.2 Å². The number of thiocarbonyl (C=S) groups is 1. The molecule has 6 heteroatoms. The van der Waals surface area contributed by atoms with E-state index in [9.17, 15) is 0 Å². The minimum Gasteiger partial charge on any atom is -0.356 e. The first-order valence-corrected chi connectivity index (χ1v) is 9.65. The Morgan fingerprint density at radius 1 is 1.19 bits per heavy atom. The number of nitrogens with one attached hydrogen (secondary N) is 2. The number of anilines is 2. The van der Waals surface area contributed by atoms with Gasteiger partial charge in [-0.2, -0.15) is 4.98 Å². The monoisotopic (exact) mass is 369 g/mol. The van der Waals surface area contributed by atoms with Gasteiger partial charge in [-0.15, -0.1) is 0 Å². The molecule has 1 aliphatic heterocycles. The van der Waals surface area contributed by atoms with Gasteiger partial charge in [-0.25, -0.2) is 4.98 Å². The van der Waals surface area contributed by atoms with Crippen LogP contribution in [0.1, 0.15) is 44.0 Å². The predicted molar refractivity (Wildman–Crippen MR) is 112 cm³/mol. The van der Waals surface area contributed by atoms with Crippen molar-refractivity contribution in [1.29, 1.82) is 0 Å². The van der Waals surface area contributed by atoms with Gasteiger partial charge in [0.15, 0.2) is 5.11 Å². The van der Waals surface area contributed by atoms with Gasteiger partial charge < -0.3 is 15.5 Å². The van der Waals surface area contributed by atoms with Gasteiger partial charge in [0.05, 0.1) is 6.04 Å². The number of aryl methyl sites for hydroxylation is 1. The average Bonchev–Trinajstić information content (AvgIpc) is 2.62. The van der Waals surface area contributed by atoms with E-state index in [1.165, 1.54) is 18.4 Å². The maximum Gasteiger partial charge on any atom is 0.231 e. The zero-order valence-corrected chi connectivity index (χ0v) is 16.5. The minimum atomic E-state index is 0.115. The van der Waals surface area contributed by atoms with Crippen LogP contribution in [-0.4, -0.2) is 28.2 Å². The summed E-state index contributed by atoms with van der Waals surface area (Å²) in [6, 6.07) is 12.4. The van der Waals surface area contributed by atoms with Crippen LogP contribution in [0.5, 0.6) is 0 Å². The number of hydrogen-bond donors (Lipinski definition) is 2. The summed E-state index contributed by atoms with van der Waals surface area (Å²) in [6.45, 7) is 8.48. The second-order valence-electron chi connectivity index (χ2n) is 7.09. The molecular weight excluding hydrogens is 342 g/mol.